The normalized spacial score (nSPS) is 18.4. The van der Waals surface area contributed by atoms with Gasteiger partial charge in [0.2, 0.25) is 0 Å². The maximum atomic E-state index is 9.75. The molecule has 0 aromatic heterocycles. The second kappa shape index (κ2) is 22.1. The van der Waals surface area contributed by atoms with E-state index in [1.165, 1.54) is 52.5 Å². The first-order valence-corrected chi connectivity index (χ1v) is 20.4. The first kappa shape index (κ1) is 41.6. The van der Waals surface area contributed by atoms with Crippen molar-refractivity contribution >= 4 is 44.3 Å². The van der Waals surface area contributed by atoms with Crippen LogP contribution >= 0.6 is 15.8 Å². The molecule has 2 atom stereocenters. The van der Waals surface area contributed by atoms with Crippen molar-refractivity contribution < 1.29 is 37.4 Å². The molecule has 1 aliphatic carbocycles. The van der Waals surface area contributed by atoms with Crippen LogP contribution in [0, 0.1) is 0 Å². The largest absolute Gasteiger partial charge is 0.673 e. The summed E-state index contributed by atoms with van der Waals surface area (Å²) in [5, 5.41) is 5.95. The van der Waals surface area contributed by atoms with Gasteiger partial charge in [-0.2, -0.15) is 0 Å². The minimum Gasteiger partial charge on any atom is -0.418 e. The Bertz CT molecular complexity index is 1550. The van der Waals surface area contributed by atoms with Crippen LogP contribution in [0.3, 0.4) is 0 Å². The van der Waals surface area contributed by atoms with E-state index in [1.807, 2.05) is 0 Å². The Morgan fingerprint density at radius 3 is 0.962 bits per heavy atom. The van der Waals surface area contributed by atoms with Crippen molar-refractivity contribution in [2.75, 3.05) is 13.1 Å². The maximum Gasteiger partial charge on any atom is 0.673 e. The smallest absolute Gasteiger partial charge is 0.418 e. The van der Waals surface area contributed by atoms with Gasteiger partial charge < -0.3 is 17.3 Å². The molecule has 0 unspecified atom stereocenters. The van der Waals surface area contributed by atoms with Gasteiger partial charge in [0, 0.05) is 51.1 Å². The Morgan fingerprint density at radius 2 is 0.692 bits per heavy atom. The van der Waals surface area contributed by atoms with Crippen molar-refractivity contribution in [1.29, 1.82) is 0 Å². The fourth-order valence-electron chi connectivity index (χ4n) is 6.60. The molecule has 0 bridgehead atoms. The standard InChI is InChI=1S/C35H33NP2.C8H12.BF4.Ir/c1-6-16-29(17-7-1)26-36-27-34(37(30-18-8-2-9-19-30)31-20-10-3-11-21-31)35(28-36)38(32-22-12-4-13-23-32)33-24-14-5-15-25-33;1-2-4-6-8-7-5-3-1;2-1(3,4)5;/h1-25,34-35H,26-28H2;1-2,7-8H,3-6H2;;/q;;-1;/b;2-1-,8-7-;;/t34-,35-;;;/m1.../s1. The van der Waals surface area contributed by atoms with Crippen LogP contribution in [0.2, 0.25) is 0 Å². The Balaban J connectivity index is 0.000000367. The van der Waals surface area contributed by atoms with Gasteiger partial charge in [-0.15, -0.1) is 0 Å². The predicted octanol–water partition coefficient (Wildman–Crippen LogP) is 10.5. The molecular formula is C43H45BF4IrNP2-. The van der Waals surface area contributed by atoms with Crippen molar-refractivity contribution in [2.45, 2.75) is 43.5 Å². The van der Waals surface area contributed by atoms with Gasteiger partial charge in [0.15, 0.2) is 0 Å². The predicted molar refractivity (Wildman–Crippen MR) is 214 cm³/mol. The Hall–Kier alpha value is -3.17. The third-order valence-electron chi connectivity index (χ3n) is 8.72. The van der Waals surface area contributed by atoms with Gasteiger partial charge in [-0.1, -0.05) is 176 Å². The van der Waals surface area contributed by atoms with Crippen LogP contribution in [0.4, 0.5) is 17.3 Å². The second-order valence-electron chi connectivity index (χ2n) is 12.5. The Labute approximate surface area is 323 Å². The number of allylic oxidation sites excluding steroid dienone is 4. The summed E-state index contributed by atoms with van der Waals surface area (Å²) >= 11 is 0. The number of benzene rings is 5. The zero-order valence-electron chi connectivity index (χ0n) is 29.1. The average molecular weight is 917 g/mol. The van der Waals surface area contributed by atoms with Crippen molar-refractivity contribution in [3.63, 3.8) is 0 Å². The summed E-state index contributed by atoms with van der Waals surface area (Å²) in [5.41, 5.74) is 2.52. The molecule has 1 saturated heterocycles. The zero-order chi connectivity index (χ0) is 35.7. The van der Waals surface area contributed by atoms with Crippen LogP contribution < -0.4 is 21.2 Å². The number of hydrogen-bond acceptors (Lipinski definition) is 1. The summed E-state index contributed by atoms with van der Waals surface area (Å²) < 4.78 is 39.0. The van der Waals surface area contributed by atoms with E-state index in [2.05, 4.69) is 181 Å². The quantitative estimate of drug-likeness (QED) is 0.0649. The third kappa shape index (κ3) is 13.7. The van der Waals surface area contributed by atoms with Crippen LogP contribution in [-0.4, -0.2) is 36.6 Å². The molecule has 1 fully saturated rings. The molecule has 0 amide bonds. The number of nitrogens with zero attached hydrogens (tertiary/aromatic N) is 1. The van der Waals surface area contributed by atoms with Crippen LogP contribution in [-0.2, 0) is 26.7 Å². The van der Waals surface area contributed by atoms with E-state index in [4.69, 9.17) is 0 Å². The summed E-state index contributed by atoms with van der Waals surface area (Å²) in [6.45, 7) is 3.24. The molecule has 1 aliphatic heterocycles. The second-order valence-corrected chi connectivity index (χ2v) is 17.4. The Morgan fingerprint density at radius 1 is 0.442 bits per heavy atom. The third-order valence-corrected chi connectivity index (χ3v) is 14.7. The van der Waals surface area contributed by atoms with Gasteiger partial charge in [0.05, 0.1) is 0 Å². The molecule has 1 heterocycles. The van der Waals surface area contributed by atoms with E-state index < -0.39 is 23.1 Å². The molecule has 1 radical (unpaired) electrons. The number of hydrogen-bond donors (Lipinski definition) is 0. The molecule has 1 nitrogen and oxygen atoms in total. The number of halogens is 4. The summed E-state index contributed by atoms with van der Waals surface area (Å²) in [4.78, 5) is 2.73. The molecule has 7 rings (SSSR count). The minimum atomic E-state index is -6.00. The molecule has 2 aliphatic rings. The minimum absolute atomic E-state index is 0. The van der Waals surface area contributed by atoms with Gasteiger partial charge in [-0.25, -0.2) is 0 Å². The molecule has 5 aromatic carbocycles. The summed E-state index contributed by atoms with van der Waals surface area (Å²) in [6, 6.07) is 56.3. The van der Waals surface area contributed by atoms with Gasteiger partial charge in [0.25, 0.3) is 0 Å². The monoisotopic (exact) mass is 917 g/mol. The van der Waals surface area contributed by atoms with E-state index in [1.54, 1.807) is 0 Å². The van der Waals surface area contributed by atoms with Gasteiger partial charge in [-0.05, 0) is 68.3 Å². The van der Waals surface area contributed by atoms with Crippen LogP contribution in [0.25, 0.3) is 0 Å². The molecular weight excluding hydrogens is 871 g/mol. The topological polar surface area (TPSA) is 3.24 Å². The average Bonchev–Trinajstić information content (AvgIpc) is 3.52. The van der Waals surface area contributed by atoms with Gasteiger partial charge in [0.1, 0.15) is 0 Å². The molecule has 5 aromatic rings. The molecule has 0 spiro atoms. The van der Waals surface area contributed by atoms with E-state index in [-0.39, 0.29) is 20.1 Å². The van der Waals surface area contributed by atoms with E-state index in [0.717, 1.165) is 19.6 Å². The Kier molecular flexibility index (Phi) is 17.7. The molecule has 52 heavy (non-hydrogen) atoms. The first-order chi connectivity index (χ1) is 24.9. The van der Waals surface area contributed by atoms with Gasteiger partial charge >= 0.3 is 7.25 Å². The van der Waals surface area contributed by atoms with Crippen LogP contribution in [0.15, 0.2) is 176 Å². The zero-order valence-corrected chi connectivity index (χ0v) is 33.3. The maximum absolute atomic E-state index is 9.75. The number of likely N-dealkylation sites (tertiary alicyclic amines) is 1. The van der Waals surface area contributed by atoms with Crippen molar-refractivity contribution in [1.82, 2.24) is 4.90 Å². The van der Waals surface area contributed by atoms with E-state index in [0.29, 0.717) is 11.3 Å². The molecule has 0 N–H and O–H groups in total. The van der Waals surface area contributed by atoms with Gasteiger partial charge in [-0.3, -0.25) is 4.90 Å². The molecule has 273 valence electrons. The summed E-state index contributed by atoms with van der Waals surface area (Å²) in [5.74, 6) is 0. The SMILES string of the molecule is C1=C\CC/C=C\CC/1.F[B-](F)(F)F.[Ir].c1ccc(CN2C[C@@H](P(c3ccccc3)c3ccccc3)[C@H](P(c3ccccc3)c3ccccc3)C2)cc1. The first-order valence-electron chi connectivity index (χ1n) is 17.6. The van der Waals surface area contributed by atoms with Crippen LogP contribution in [0.1, 0.15) is 31.2 Å². The molecule has 9 heteroatoms. The fraction of sp³-hybridized carbons (Fsp3) is 0.209. The van der Waals surface area contributed by atoms with Crippen molar-refractivity contribution in [2.24, 2.45) is 0 Å². The van der Waals surface area contributed by atoms with Crippen LogP contribution in [0.5, 0.6) is 0 Å². The number of rotatable bonds is 8. The summed E-state index contributed by atoms with van der Waals surface area (Å²) in [7, 11) is -7.06. The summed E-state index contributed by atoms with van der Waals surface area (Å²) in [6.07, 6.45) is 14.0. The fourth-order valence-corrected chi connectivity index (χ4v) is 13.2. The van der Waals surface area contributed by atoms with E-state index in [9.17, 15) is 17.3 Å². The van der Waals surface area contributed by atoms with E-state index >= 15 is 0 Å². The van der Waals surface area contributed by atoms with Crippen molar-refractivity contribution in [3.8, 4) is 0 Å². The molecule has 0 saturated carbocycles. The van der Waals surface area contributed by atoms with Crippen molar-refractivity contribution in [3.05, 3.63) is 182 Å².